The molecule has 1 saturated carbocycles. The minimum atomic E-state index is -0.511. The Kier molecular flexibility index (Phi) is 9.01. The first kappa shape index (κ1) is 29.0. The molecule has 40 heavy (non-hydrogen) atoms. The summed E-state index contributed by atoms with van der Waals surface area (Å²) in [4.78, 5) is 33.7. The number of carbonyl (C=O) groups is 2. The van der Waals surface area contributed by atoms with Gasteiger partial charge in [-0.3, -0.25) is 9.48 Å². The fraction of sp³-hybridized carbons (Fsp3) is 0.483. The van der Waals surface area contributed by atoms with Gasteiger partial charge >= 0.3 is 6.09 Å². The van der Waals surface area contributed by atoms with Gasteiger partial charge in [0.25, 0.3) is 5.91 Å². The maximum absolute atomic E-state index is 13.7. The summed E-state index contributed by atoms with van der Waals surface area (Å²) in [6.45, 7) is 8.30. The van der Waals surface area contributed by atoms with Gasteiger partial charge in [-0.1, -0.05) is 6.07 Å². The van der Waals surface area contributed by atoms with E-state index in [0.717, 1.165) is 32.2 Å². The van der Waals surface area contributed by atoms with Gasteiger partial charge in [-0.15, -0.1) is 0 Å². The SMILES string of the molecule is COc1cc(CNC(=O)c2cc(-c3ncn(CC4CCC(NC(=O)OC(C)(C)C)CC4)n3)cc(C)n2)ccc1F. The van der Waals surface area contributed by atoms with Crippen molar-refractivity contribution in [1.29, 1.82) is 0 Å². The minimum Gasteiger partial charge on any atom is -0.494 e. The van der Waals surface area contributed by atoms with Gasteiger partial charge in [-0.05, 0) is 89.1 Å². The zero-order chi connectivity index (χ0) is 28.9. The number of alkyl carbamates (subject to hydrolysis) is 1. The van der Waals surface area contributed by atoms with Gasteiger partial charge in [-0.25, -0.2) is 19.2 Å². The van der Waals surface area contributed by atoms with E-state index >= 15 is 0 Å². The van der Waals surface area contributed by atoms with E-state index in [2.05, 4.69) is 25.7 Å². The first-order valence-corrected chi connectivity index (χ1v) is 13.5. The number of benzene rings is 1. The van der Waals surface area contributed by atoms with Gasteiger partial charge in [0.1, 0.15) is 17.6 Å². The first-order valence-electron chi connectivity index (χ1n) is 13.5. The highest BCUT2D eigenvalue weighted by Gasteiger charge is 2.25. The number of methoxy groups -OCH3 is 1. The van der Waals surface area contributed by atoms with Crippen LogP contribution in [-0.2, 0) is 17.8 Å². The average Bonchev–Trinajstić information content (AvgIpc) is 3.36. The van der Waals surface area contributed by atoms with Crippen molar-refractivity contribution >= 4 is 12.0 Å². The van der Waals surface area contributed by atoms with Gasteiger partial charge in [-0.2, -0.15) is 5.10 Å². The molecule has 214 valence electrons. The Morgan fingerprint density at radius 3 is 2.58 bits per heavy atom. The predicted octanol–water partition coefficient (Wildman–Crippen LogP) is 4.81. The van der Waals surface area contributed by atoms with Crippen LogP contribution in [0, 0.1) is 18.7 Å². The number of aryl methyl sites for hydroxylation is 1. The standard InChI is InChI=1S/C29H37FN6O4/c1-18-12-21(14-24(33-18)27(37)31-15-20-8-11-23(30)25(13-20)39-5)26-32-17-36(35-26)16-19-6-9-22(10-7-19)34-28(38)40-29(2,3)4/h8,11-14,17,19,22H,6-7,9-10,15-16H2,1-5H3,(H,31,37)(H,34,38). The van der Waals surface area contributed by atoms with Crippen LogP contribution in [0.15, 0.2) is 36.7 Å². The molecule has 0 aliphatic heterocycles. The van der Waals surface area contributed by atoms with E-state index in [9.17, 15) is 14.0 Å². The molecule has 2 N–H and O–H groups in total. The normalized spacial score (nSPS) is 17.2. The Hall–Kier alpha value is -4.02. The zero-order valence-electron chi connectivity index (χ0n) is 23.7. The average molecular weight is 553 g/mol. The smallest absolute Gasteiger partial charge is 0.407 e. The quantitative estimate of drug-likeness (QED) is 0.411. The van der Waals surface area contributed by atoms with Gasteiger partial charge in [0.2, 0.25) is 0 Å². The van der Waals surface area contributed by atoms with Crippen LogP contribution in [-0.4, -0.2) is 50.5 Å². The van der Waals surface area contributed by atoms with Crippen LogP contribution in [0.1, 0.15) is 68.2 Å². The number of aromatic nitrogens is 4. The third kappa shape index (κ3) is 8.00. The lowest BCUT2D eigenvalue weighted by Gasteiger charge is -2.30. The summed E-state index contributed by atoms with van der Waals surface area (Å²) in [5, 5.41) is 10.4. The molecule has 0 spiro atoms. The number of nitrogens with zero attached hydrogens (tertiary/aromatic N) is 4. The lowest BCUT2D eigenvalue weighted by atomic mass is 9.86. The van der Waals surface area contributed by atoms with Crippen LogP contribution in [0.5, 0.6) is 5.75 Å². The van der Waals surface area contributed by atoms with Gasteiger partial charge in [0.05, 0.1) is 7.11 Å². The molecular weight excluding hydrogens is 515 g/mol. The summed E-state index contributed by atoms with van der Waals surface area (Å²) in [7, 11) is 1.39. The molecule has 2 amide bonds. The number of halogens is 1. The lowest BCUT2D eigenvalue weighted by Crippen LogP contribution is -2.41. The molecule has 1 fully saturated rings. The van der Waals surface area contributed by atoms with Crippen LogP contribution in [0.3, 0.4) is 0 Å². The van der Waals surface area contributed by atoms with Gasteiger partial charge in [0.15, 0.2) is 17.4 Å². The third-order valence-electron chi connectivity index (χ3n) is 6.66. The predicted molar refractivity (Wildman–Crippen MR) is 147 cm³/mol. The summed E-state index contributed by atoms with van der Waals surface area (Å²) >= 11 is 0. The molecule has 11 heteroatoms. The van der Waals surface area contributed by atoms with Crippen molar-refractivity contribution in [1.82, 2.24) is 30.4 Å². The molecule has 2 heterocycles. The molecule has 0 radical (unpaired) electrons. The number of nitrogens with one attached hydrogen (secondary N) is 2. The molecule has 1 aliphatic carbocycles. The van der Waals surface area contributed by atoms with Crippen molar-refractivity contribution in [3.05, 3.63) is 59.4 Å². The number of hydrogen-bond donors (Lipinski definition) is 2. The van der Waals surface area contributed by atoms with E-state index < -0.39 is 11.4 Å². The second-order valence-corrected chi connectivity index (χ2v) is 11.2. The van der Waals surface area contributed by atoms with E-state index in [1.807, 2.05) is 38.4 Å². The fourth-order valence-electron chi connectivity index (χ4n) is 4.74. The number of rotatable bonds is 8. The van der Waals surface area contributed by atoms with Crippen LogP contribution >= 0.6 is 0 Å². The molecule has 0 atom stereocenters. The molecule has 0 bridgehead atoms. The monoisotopic (exact) mass is 552 g/mol. The Labute approximate surface area is 233 Å². The highest BCUT2D eigenvalue weighted by molar-refractivity contribution is 5.93. The Morgan fingerprint density at radius 2 is 1.88 bits per heavy atom. The Morgan fingerprint density at radius 1 is 1.12 bits per heavy atom. The summed E-state index contributed by atoms with van der Waals surface area (Å²) in [5.74, 6) is 0.247. The van der Waals surface area contributed by atoms with E-state index in [-0.39, 0.29) is 36.0 Å². The van der Waals surface area contributed by atoms with E-state index in [0.29, 0.717) is 28.6 Å². The van der Waals surface area contributed by atoms with Crippen LogP contribution in [0.4, 0.5) is 9.18 Å². The van der Waals surface area contributed by atoms with Crippen LogP contribution in [0.2, 0.25) is 0 Å². The summed E-state index contributed by atoms with van der Waals surface area (Å²) in [6, 6.07) is 8.07. The molecule has 3 aromatic rings. The highest BCUT2D eigenvalue weighted by Crippen LogP contribution is 2.26. The summed E-state index contributed by atoms with van der Waals surface area (Å²) in [6.07, 6.45) is 5.05. The second-order valence-electron chi connectivity index (χ2n) is 11.2. The first-order chi connectivity index (χ1) is 19.0. The lowest BCUT2D eigenvalue weighted by molar-refractivity contribution is 0.0485. The van der Waals surface area contributed by atoms with Crippen molar-refractivity contribution in [2.75, 3.05) is 7.11 Å². The Bertz CT molecular complexity index is 1340. The Balaban J connectivity index is 1.32. The van der Waals surface area contributed by atoms with Crippen molar-refractivity contribution in [2.24, 2.45) is 5.92 Å². The molecular formula is C29H37FN6O4. The minimum absolute atomic E-state index is 0.117. The van der Waals surface area contributed by atoms with Crippen LogP contribution in [0.25, 0.3) is 11.4 Å². The number of ether oxygens (including phenoxy) is 2. The van der Waals surface area contributed by atoms with Gasteiger partial charge in [0, 0.05) is 30.4 Å². The summed E-state index contributed by atoms with van der Waals surface area (Å²) < 4.78 is 25.9. The maximum Gasteiger partial charge on any atom is 0.407 e. The fourth-order valence-corrected chi connectivity index (χ4v) is 4.74. The molecule has 0 saturated heterocycles. The second kappa shape index (κ2) is 12.4. The van der Waals surface area contributed by atoms with Gasteiger partial charge < -0.3 is 20.1 Å². The molecule has 2 aromatic heterocycles. The van der Waals surface area contributed by atoms with E-state index in [4.69, 9.17) is 9.47 Å². The summed E-state index contributed by atoms with van der Waals surface area (Å²) in [5.41, 5.74) is 1.80. The number of pyridine rings is 1. The number of amides is 2. The highest BCUT2D eigenvalue weighted by atomic mass is 19.1. The van der Waals surface area contributed by atoms with Crippen LogP contribution < -0.4 is 15.4 Å². The molecule has 1 aliphatic rings. The van der Waals surface area contributed by atoms with E-state index in [1.54, 1.807) is 24.5 Å². The number of carbonyl (C=O) groups excluding carboxylic acids is 2. The van der Waals surface area contributed by atoms with Crippen molar-refractivity contribution in [2.45, 2.75) is 78.1 Å². The third-order valence-corrected chi connectivity index (χ3v) is 6.66. The zero-order valence-corrected chi connectivity index (χ0v) is 23.7. The largest absolute Gasteiger partial charge is 0.494 e. The molecule has 10 nitrogen and oxygen atoms in total. The van der Waals surface area contributed by atoms with E-state index in [1.165, 1.54) is 13.2 Å². The molecule has 0 unspecified atom stereocenters. The van der Waals surface area contributed by atoms with Crippen molar-refractivity contribution in [3.63, 3.8) is 0 Å². The van der Waals surface area contributed by atoms with Crippen molar-refractivity contribution in [3.8, 4) is 17.1 Å². The number of hydrogen-bond acceptors (Lipinski definition) is 7. The molecule has 1 aromatic carbocycles. The van der Waals surface area contributed by atoms with Crippen molar-refractivity contribution < 1.29 is 23.5 Å². The maximum atomic E-state index is 13.7. The topological polar surface area (TPSA) is 120 Å². The molecule has 4 rings (SSSR count).